The van der Waals surface area contributed by atoms with Gasteiger partial charge in [0, 0.05) is 6.54 Å². The van der Waals surface area contributed by atoms with Gasteiger partial charge in [0.05, 0.1) is 21.2 Å². The van der Waals surface area contributed by atoms with Gasteiger partial charge in [-0.2, -0.15) is 0 Å². The first-order chi connectivity index (χ1) is 14.5. The van der Waals surface area contributed by atoms with Gasteiger partial charge >= 0.3 is 0 Å². The molecule has 0 radical (unpaired) electrons. The van der Waals surface area contributed by atoms with Gasteiger partial charge in [0.25, 0.3) is 15.9 Å². The molecule has 6 nitrogen and oxygen atoms in total. The van der Waals surface area contributed by atoms with Crippen LogP contribution in [0.4, 0.5) is 5.69 Å². The lowest BCUT2D eigenvalue weighted by molar-refractivity contribution is 0.0952. The summed E-state index contributed by atoms with van der Waals surface area (Å²) in [5.41, 5.74) is 0.635. The lowest BCUT2D eigenvalue weighted by Crippen LogP contribution is -2.30. The van der Waals surface area contributed by atoms with Crippen molar-refractivity contribution in [2.75, 3.05) is 30.9 Å². The Balaban J connectivity index is 1.52. The van der Waals surface area contributed by atoms with Crippen LogP contribution in [-0.4, -0.2) is 45.4 Å². The Morgan fingerprint density at radius 2 is 1.70 bits per heavy atom. The van der Waals surface area contributed by atoms with Crippen molar-refractivity contribution in [3.8, 4) is 0 Å². The molecule has 30 heavy (non-hydrogen) atoms. The summed E-state index contributed by atoms with van der Waals surface area (Å²) in [6, 6.07) is 12.6. The van der Waals surface area contributed by atoms with Crippen LogP contribution in [0, 0.1) is 0 Å². The number of carbonyl (C=O) groups is 1. The Bertz CT molecular complexity index is 943. The summed E-state index contributed by atoms with van der Waals surface area (Å²) >= 11 is 6.25. The minimum atomic E-state index is -3.71. The average Bonchev–Trinajstić information content (AvgIpc) is 3.00. The van der Waals surface area contributed by atoms with Crippen LogP contribution in [0.15, 0.2) is 53.4 Å². The third-order valence-corrected chi connectivity index (χ3v) is 6.86. The van der Waals surface area contributed by atoms with Crippen LogP contribution >= 0.6 is 11.6 Å². The van der Waals surface area contributed by atoms with Crippen molar-refractivity contribution in [1.82, 2.24) is 10.2 Å². The molecule has 2 N–H and O–H groups in total. The highest BCUT2D eigenvalue weighted by molar-refractivity contribution is 7.92. The van der Waals surface area contributed by atoms with Crippen LogP contribution in [0.1, 0.15) is 42.5 Å². The quantitative estimate of drug-likeness (QED) is 0.594. The largest absolute Gasteiger partial charge is 0.352 e. The zero-order chi connectivity index (χ0) is 21.4. The maximum atomic E-state index is 12.4. The Hall–Kier alpha value is -2.09. The number of carbonyl (C=O) groups excluding carboxylic acids is 1. The summed E-state index contributed by atoms with van der Waals surface area (Å²) in [4.78, 5) is 15.1. The Labute approximate surface area is 183 Å². The molecule has 2 aromatic rings. The third-order valence-electron chi connectivity index (χ3n) is 5.15. The number of hydrogen-bond acceptors (Lipinski definition) is 4. The highest BCUT2D eigenvalue weighted by Crippen LogP contribution is 2.23. The fourth-order valence-corrected chi connectivity index (χ4v) is 4.87. The predicted molar refractivity (Wildman–Crippen MR) is 121 cm³/mol. The van der Waals surface area contributed by atoms with E-state index in [2.05, 4.69) is 14.9 Å². The summed E-state index contributed by atoms with van der Waals surface area (Å²) in [7, 11) is -3.71. The van der Waals surface area contributed by atoms with E-state index < -0.39 is 10.0 Å². The number of amides is 1. The van der Waals surface area contributed by atoms with E-state index in [-0.39, 0.29) is 15.8 Å². The molecular formula is C22H28ClN3O3S. The fraction of sp³-hybridized carbons (Fsp3) is 0.409. The average molecular weight is 450 g/mol. The van der Waals surface area contributed by atoms with Crippen molar-refractivity contribution in [1.29, 1.82) is 0 Å². The van der Waals surface area contributed by atoms with E-state index in [0.29, 0.717) is 17.8 Å². The topological polar surface area (TPSA) is 78.5 Å². The molecule has 8 heteroatoms. The molecule has 0 unspecified atom stereocenters. The van der Waals surface area contributed by atoms with Gasteiger partial charge in [0.15, 0.2) is 0 Å². The lowest BCUT2D eigenvalue weighted by Gasteiger charge is -2.19. The van der Waals surface area contributed by atoms with Crippen LogP contribution in [0.3, 0.4) is 0 Å². The number of hydrogen-bond donors (Lipinski definition) is 2. The minimum absolute atomic E-state index is 0.160. The molecule has 0 spiro atoms. The first kappa shape index (κ1) is 22.6. The fourth-order valence-electron chi connectivity index (χ4n) is 3.54. The van der Waals surface area contributed by atoms with Gasteiger partial charge in [0.1, 0.15) is 0 Å². The van der Waals surface area contributed by atoms with Crippen molar-refractivity contribution in [3.63, 3.8) is 0 Å². The molecule has 162 valence electrons. The predicted octanol–water partition coefficient (Wildman–Crippen LogP) is 4.14. The summed E-state index contributed by atoms with van der Waals surface area (Å²) in [6.07, 6.45) is 6.01. The second kappa shape index (κ2) is 10.8. The Morgan fingerprint density at radius 1 is 1.00 bits per heavy atom. The van der Waals surface area contributed by atoms with Gasteiger partial charge in [-0.1, -0.05) is 42.6 Å². The monoisotopic (exact) mass is 449 g/mol. The van der Waals surface area contributed by atoms with Crippen molar-refractivity contribution >= 4 is 33.2 Å². The second-order valence-corrected chi connectivity index (χ2v) is 9.57. The molecule has 0 aliphatic carbocycles. The number of nitrogens with one attached hydrogen (secondary N) is 2. The maximum Gasteiger partial charge on any atom is 0.261 e. The molecule has 1 heterocycles. The van der Waals surface area contributed by atoms with Crippen LogP contribution in [0.5, 0.6) is 0 Å². The zero-order valence-electron chi connectivity index (χ0n) is 16.9. The van der Waals surface area contributed by atoms with Crippen LogP contribution in [-0.2, 0) is 10.0 Å². The molecule has 1 saturated heterocycles. The summed E-state index contributed by atoms with van der Waals surface area (Å²) in [5, 5.41) is 3.10. The van der Waals surface area contributed by atoms with Crippen LogP contribution in [0.2, 0.25) is 5.02 Å². The maximum absolute atomic E-state index is 12.4. The molecule has 1 aliphatic heterocycles. The Kier molecular flexibility index (Phi) is 8.13. The molecule has 0 atom stereocenters. The summed E-state index contributed by atoms with van der Waals surface area (Å²) in [5.74, 6) is -0.256. The number of anilines is 1. The van der Waals surface area contributed by atoms with E-state index in [1.165, 1.54) is 49.9 Å². The molecule has 1 fully saturated rings. The lowest BCUT2D eigenvalue weighted by atomic mass is 10.2. The summed E-state index contributed by atoms with van der Waals surface area (Å²) < 4.78 is 27.3. The highest BCUT2D eigenvalue weighted by atomic mass is 35.5. The van der Waals surface area contributed by atoms with Gasteiger partial charge in [-0.25, -0.2) is 8.42 Å². The minimum Gasteiger partial charge on any atom is -0.352 e. The first-order valence-corrected chi connectivity index (χ1v) is 12.2. The van der Waals surface area contributed by atoms with Crippen LogP contribution < -0.4 is 10.0 Å². The van der Waals surface area contributed by atoms with Crippen LogP contribution in [0.25, 0.3) is 0 Å². The molecular weight excluding hydrogens is 422 g/mol. The van der Waals surface area contributed by atoms with Gasteiger partial charge in [-0.05, 0) is 69.2 Å². The van der Waals surface area contributed by atoms with Crippen molar-refractivity contribution < 1.29 is 13.2 Å². The number of benzene rings is 2. The van der Waals surface area contributed by atoms with Gasteiger partial charge < -0.3 is 10.2 Å². The molecule has 0 saturated carbocycles. The first-order valence-electron chi connectivity index (χ1n) is 10.3. The highest BCUT2D eigenvalue weighted by Gasteiger charge is 2.16. The van der Waals surface area contributed by atoms with Gasteiger partial charge in [-0.15, -0.1) is 0 Å². The third kappa shape index (κ3) is 6.45. The van der Waals surface area contributed by atoms with E-state index in [1.807, 2.05) is 0 Å². The van der Waals surface area contributed by atoms with E-state index in [0.717, 1.165) is 26.1 Å². The Morgan fingerprint density at radius 3 is 2.37 bits per heavy atom. The standard InChI is InChI=1S/C22H28ClN3O3S/c23-21-17-18(25-30(28,29)19-9-4-3-5-10-19)11-12-20(21)22(27)24-13-8-16-26-14-6-1-2-7-15-26/h3-5,9-12,17,25H,1-2,6-8,13-16H2,(H,24,27). The SMILES string of the molecule is O=C(NCCCN1CCCCCC1)c1ccc(NS(=O)(=O)c2ccccc2)cc1Cl. The van der Waals surface area contributed by atoms with Crippen molar-refractivity contribution in [3.05, 3.63) is 59.1 Å². The number of halogens is 1. The van der Waals surface area contributed by atoms with E-state index in [1.54, 1.807) is 24.3 Å². The molecule has 0 bridgehead atoms. The second-order valence-electron chi connectivity index (χ2n) is 7.48. The van der Waals surface area contributed by atoms with Gasteiger partial charge in [0.2, 0.25) is 0 Å². The number of sulfonamides is 1. The molecule has 2 aromatic carbocycles. The van der Waals surface area contributed by atoms with Crippen molar-refractivity contribution in [2.24, 2.45) is 0 Å². The van der Waals surface area contributed by atoms with Crippen molar-refractivity contribution in [2.45, 2.75) is 37.0 Å². The normalized spacial score (nSPS) is 15.4. The summed E-state index contributed by atoms with van der Waals surface area (Å²) in [6.45, 7) is 3.84. The molecule has 0 aromatic heterocycles. The zero-order valence-corrected chi connectivity index (χ0v) is 18.5. The molecule has 3 rings (SSSR count). The van der Waals surface area contributed by atoms with Gasteiger partial charge in [-0.3, -0.25) is 9.52 Å². The van der Waals surface area contributed by atoms with E-state index in [9.17, 15) is 13.2 Å². The number of rotatable bonds is 8. The van der Waals surface area contributed by atoms with E-state index in [4.69, 9.17) is 11.6 Å². The van der Waals surface area contributed by atoms with E-state index >= 15 is 0 Å². The molecule has 1 amide bonds. The molecule has 1 aliphatic rings. The number of likely N-dealkylation sites (tertiary alicyclic amines) is 1. The number of nitrogens with zero attached hydrogens (tertiary/aromatic N) is 1. The smallest absolute Gasteiger partial charge is 0.261 e.